The van der Waals surface area contributed by atoms with E-state index in [1.165, 1.54) is 19.3 Å². The number of rotatable bonds is 5. The minimum Gasteiger partial charge on any atom is -0.508 e. The predicted molar refractivity (Wildman–Crippen MR) is 143 cm³/mol. The Labute approximate surface area is 215 Å². The number of hydrogen-bond acceptors (Lipinski definition) is 7. The summed E-state index contributed by atoms with van der Waals surface area (Å²) >= 11 is 0. The Balaban J connectivity index is 1.38. The lowest BCUT2D eigenvalue weighted by Gasteiger charge is -2.40. The summed E-state index contributed by atoms with van der Waals surface area (Å²) in [5, 5.41) is 23.8. The molecule has 9 nitrogen and oxygen atoms in total. The number of phenolic OH excluding ortho intramolecular Hbond substituents is 1. The fraction of sp³-hybridized carbons (Fsp3) is 0.429. The van der Waals surface area contributed by atoms with Gasteiger partial charge in [-0.2, -0.15) is 0 Å². The number of anilines is 1. The minimum atomic E-state index is -0.340. The molecular formula is C28H33N7O2. The highest BCUT2D eigenvalue weighted by Gasteiger charge is 2.34. The number of hydrogen-bond donors (Lipinski definition) is 2. The number of aromatic amines is 1. The second-order valence-electron chi connectivity index (χ2n) is 10.4. The third-order valence-corrected chi connectivity index (χ3v) is 7.90. The number of H-pyrrole nitrogens is 1. The summed E-state index contributed by atoms with van der Waals surface area (Å²) < 4.78 is 2.00. The molecule has 4 aromatic rings. The van der Waals surface area contributed by atoms with Crippen LogP contribution in [-0.4, -0.2) is 61.4 Å². The van der Waals surface area contributed by atoms with Gasteiger partial charge in [-0.05, 0) is 78.0 Å². The molecule has 2 aromatic carbocycles. The summed E-state index contributed by atoms with van der Waals surface area (Å²) in [6, 6.07) is 15.4. The predicted octanol–water partition coefficient (Wildman–Crippen LogP) is 3.95. The van der Waals surface area contributed by atoms with Crippen molar-refractivity contribution in [1.82, 2.24) is 30.1 Å². The molecule has 0 unspecified atom stereocenters. The molecule has 0 radical (unpaired) electrons. The first kappa shape index (κ1) is 23.7. The summed E-state index contributed by atoms with van der Waals surface area (Å²) in [6.07, 6.45) is 5.73. The second kappa shape index (κ2) is 9.97. The van der Waals surface area contributed by atoms with Gasteiger partial charge in [0, 0.05) is 42.9 Å². The molecule has 1 saturated heterocycles. The van der Waals surface area contributed by atoms with Gasteiger partial charge in [-0.3, -0.25) is 9.69 Å². The number of nitrogens with zero attached hydrogens (tertiary/aromatic N) is 6. The number of nitrogens with one attached hydrogen (secondary N) is 1. The van der Waals surface area contributed by atoms with Gasteiger partial charge in [-0.15, -0.1) is 5.10 Å². The molecule has 2 fully saturated rings. The molecule has 0 bridgehead atoms. The van der Waals surface area contributed by atoms with E-state index < -0.39 is 0 Å². The zero-order valence-electron chi connectivity index (χ0n) is 21.2. The van der Waals surface area contributed by atoms with Gasteiger partial charge in [0.15, 0.2) is 5.82 Å². The third-order valence-electron chi connectivity index (χ3n) is 7.90. The van der Waals surface area contributed by atoms with Crippen molar-refractivity contribution < 1.29 is 5.11 Å². The maximum absolute atomic E-state index is 13.5. The zero-order valence-corrected chi connectivity index (χ0v) is 21.2. The van der Waals surface area contributed by atoms with E-state index >= 15 is 0 Å². The Kier molecular flexibility index (Phi) is 6.38. The molecule has 6 rings (SSSR count). The monoisotopic (exact) mass is 499 g/mol. The fourth-order valence-corrected chi connectivity index (χ4v) is 5.91. The average Bonchev–Trinajstić information content (AvgIpc) is 3.40. The molecule has 192 valence electrons. The Morgan fingerprint density at radius 1 is 0.973 bits per heavy atom. The number of phenols is 1. The third kappa shape index (κ3) is 4.71. The summed E-state index contributed by atoms with van der Waals surface area (Å²) in [7, 11) is 0. The van der Waals surface area contributed by atoms with Crippen molar-refractivity contribution >= 4 is 16.6 Å². The summed E-state index contributed by atoms with van der Waals surface area (Å²) in [6.45, 7) is 5.18. The highest BCUT2D eigenvalue weighted by molar-refractivity contribution is 5.79. The molecule has 0 amide bonds. The highest BCUT2D eigenvalue weighted by atomic mass is 16.3. The topological polar surface area (TPSA) is 103 Å². The SMILES string of the molecule is Cc1ccc2[nH]c(=O)c([C@H](c3nnnn3C3CCCCC3)N3CCN(c4ccc(O)cc4)CC3)cc2c1. The van der Waals surface area contributed by atoms with E-state index in [1.54, 1.807) is 12.1 Å². The number of benzene rings is 2. The van der Waals surface area contributed by atoms with Crippen molar-refractivity contribution in [2.45, 2.75) is 51.1 Å². The number of aromatic nitrogens is 5. The van der Waals surface area contributed by atoms with E-state index in [-0.39, 0.29) is 23.4 Å². The molecular weight excluding hydrogens is 466 g/mol. The lowest BCUT2D eigenvalue weighted by atomic mass is 9.95. The van der Waals surface area contributed by atoms with Crippen LogP contribution in [0.25, 0.3) is 10.9 Å². The zero-order chi connectivity index (χ0) is 25.4. The van der Waals surface area contributed by atoms with Crippen molar-refractivity contribution in [2.24, 2.45) is 0 Å². The van der Waals surface area contributed by atoms with Crippen LogP contribution in [0.4, 0.5) is 5.69 Å². The van der Waals surface area contributed by atoms with Gasteiger partial charge in [0.1, 0.15) is 11.8 Å². The number of tetrazole rings is 1. The van der Waals surface area contributed by atoms with Gasteiger partial charge >= 0.3 is 0 Å². The standard InChI is InChI=1S/C28H33N7O2/c1-19-7-12-25-20(17-19)18-24(28(37)29-25)26(27-30-31-32-35(27)22-5-3-2-4-6-22)34-15-13-33(14-16-34)21-8-10-23(36)11-9-21/h7-12,17-18,22,26,36H,2-6,13-16H2,1H3,(H,29,37)/t26-/m1/s1. The van der Waals surface area contributed by atoms with Crippen molar-refractivity contribution in [2.75, 3.05) is 31.1 Å². The molecule has 2 N–H and O–H groups in total. The summed E-state index contributed by atoms with van der Waals surface area (Å²) in [4.78, 5) is 21.3. The van der Waals surface area contributed by atoms with Crippen molar-refractivity contribution in [3.8, 4) is 5.75 Å². The Morgan fingerprint density at radius 3 is 2.49 bits per heavy atom. The average molecular weight is 500 g/mol. The van der Waals surface area contributed by atoms with E-state index in [9.17, 15) is 9.90 Å². The largest absolute Gasteiger partial charge is 0.508 e. The van der Waals surface area contributed by atoms with E-state index in [0.29, 0.717) is 5.56 Å². The maximum atomic E-state index is 13.5. The first-order chi connectivity index (χ1) is 18.1. The van der Waals surface area contributed by atoms with E-state index in [4.69, 9.17) is 0 Å². The van der Waals surface area contributed by atoms with Crippen LogP contribution in [0.2, 0.25) is 0 Å². The summed E-state index contributed by atoms with van der Waals surface area (Å²) in [5.41, 5.74) is 3.65. The first-order valence-corrected chi connectivity index (χ1v) is 13.3. The van der Waals surface area contributed by atoms with Gasteiger partial charge in [-0.25, -0.2) is 4.68 Å². The van der Waals surface area contributed by atoms with Crippen LogP contribution in [0.5, 0.6) is 5.75 Å². The van der Waals surface area contributed by atoms with Crippen LogP contribution in [0.3, 0.4) is 0 Å². The van der Waals surface area contributed by atoms with E-state index in [2.05, 4.69) is 43.3 Å². The van der Waals surface area contributed by atoms with Crippen LogP contribution < -0.4 is 10.5 Å². The van der Waals surface area contributed by atoms with Gasteiger partial charge in [0.2, 0.25) is 0 Å². The van der Waals surface area contributed by atoms with Crippen molar-refractivity contribution in [1.29, 1.82) is 0 Å². The van der Waals surface area contributed by atoms with Gasteiger partial charge in [0.25, 0.3) is 5.56 Å². The normalized spacial score (nSPS) is 18.4. The molecule has 9 heteroatoms. The Bertz CT molecular complexity index is 1430. The number of aryl methyl sites for hydroxylation is 1. The minimum absolute atomic E-state index is 0.0967. The molecule has 1 atom stereocenters. The van der Waals surface area contributed by atoms with Crippen molar-refractivity contribution in [3.63, 3.8) is 0 Å². The maximum Gasteiger partial charge on any atom is 0.253 e. The van der Waals surface area contributed by atoms with Gasteiger partial charge < -0.3 is 15.0 Å². The van der Waals surface area contributed by atoms with Crippen LogP contribution in [-0.2, 0) is 0 Å². The smallest absolute Gasteiger partial charge is 0.253 e. The first-order valence-electron chi connectivity index (χ1n) is 13.3. The summed E-state index contributed by atoms with van der Waals surface area (Å²) in [5.74, 6) is 1.02. The highest BCUT2D eigenvalue weighted by Crippen LogP contribution is 2.34. The molecule has 2 aliphatic rings. The lowest BCUT2D eigenvalue weighted by molar-refractivity contribution is 0.192. The molecule has 37 heavy (non-hydrogen) atoms. The van der Waals surface area contributed by atoms with Gasteiger partial charge in [0.05, 0.1) is 6.04 Å². The molecule has 0 spiro atoms. The molecule has 2 aromatic heterocycles. The van der Waals surface area contributed by atoms with E-state index in [1.807, 2.05) is 35.0 Å². The molecule has 1 aliphatic heterocycles. The van der Waals surface area contributed by atoms with Crippen LogP contribution >= 0.6 is 0 Å². The van der Waals surface area contributed by atoms with Crippen LogP contribution in [0.1, 0.15) is 61.1 Å². The molecule has 3 heterocycles. The number of piperazine rings is 1. The van der Waals surface area contributed by atoms with Crippen molar-refractivity contribution in [3.05, 3.63) is 75.8 Å². The molecule has 1 aliphatic carbocycles. The fourth-order valence-electron chi connectivity index (χ4n) is 5.91. The quantitative estimate of drug-likeness (QED) is 0.429. The Hall–Kier alpha value is -3.72. The molecule has 1 saturated carbocycles. The number of pyridine rings is 1. The van der Waals surface area contributed by atoms with Crippen LogP contribution in [0, 0.1) is 6.92 Å². The van der Waals surface area contributed by atoms with Gasteiger partial charge in [-0.1, -0.05) is 30.9 Å². The van der Waals surface area contributed by atoms with Crippen LogP contribution in [0.15, 0.2) is 53.3 Å². The lowest BCUT2D eigenvalue weighted by Crippen LogP contribution is -2.49. The Morgan fingerprint density at radius 2 is 1.73 bits per heavy atom. The second-order valence-corrected chi connectivity index (χ2v) is 10.4. The number of fused-ring (bicyclic) bond motifs is 1. The number of aromatic hydroxyl groups is 1. The van der Waals surface area contributed by atoms with E-state index in [0.717, 1.165) is 67.0 Å².